The van der Waals surface area contributed by atoms with Crippen LogP contribution in [0.1, 0.15) is 15.3 Å². The van der Waals surface area contributed by atoms with Crippen molar-refractivity contribution in [2.24, 2.45) is 0 Å². The van der Waals surface area contributed by atoms with Crippen molar-refractivity contribution >= 4 is 17.0 Å². The van der Waals surface area contributed by atoms with Crippen LogP contribution in [0.15, 0.2) is 36.4 Å². The highest BCUT2D eigenvalue weighted by molar-refractivity contribution is 7.11. The van der Waals surface area contributed by atoms with Crippen LogP contribution >= 0.6 is 11.3 Å². The molecular formula is C16H20N2S. The highest BCUT2D eigenvalue weighted by Crippen LogP contribution is 2.26. The zero-order chi connectivity index (χ0) is 13.1. The minimum atomic E-state index is 0.994. The van der Waals surface area contributed by atoms with Gasteiger partial charge in [-0.2, -0.15) is 0 Å². The van der Waals surface area contributed by atoms with E-state index in [1.54, 1.807) is 0 Å². The predicted octanol–water partition coefficient (Wildman–Crippen LogP) is 3.21. The Hall–Kier alpha value is -1.32. The molecule has 1 aromatic heterocycles. The van der Waals surface area contributed by atoms with Crippen molar-refractivity contribution in [1.29, 1.82) is 0 Å². The van der Waals surface area contributed by atoms with Gasteiger partial charge in [0.05, 0.1) is 0 Å². The molecular weight excluding hydrogens is 252 g/mol. The predicted molar refractivity (Wildman–Crippen MR) is 83.1 cm³/mol. The SMILES string of the molecule is Cc1ccc(CNCCN2CCc3ccccc32)s1. The lowest BCUT2D eigenvalue weighted by atomic mass is 10.2. The molecule has 1 aliphatic rings. The first-order valence-electron chi connectivity index (χ1n) is 6.92. The highest BCUT2D eigenvalue weighted by atomic mass is 32.1. The van der Waals surface area contributed by atoms with Crippen molar-refractivity contribution in [3.05, 3.63) is 51.7 Å². The minimum absolute atomic E-state index is 0.994. The van der Waals surface area contributed by atoms with E-state index in [0.717, 1.165) is 19.6 Å². The molecule has 1 aromatic carbocycles. The van der Waals surface area contributed by atoms with Crippen LogP contribution in [0, 0.1) is 6.92 Å². The third kappa shape index (κ3) is 2.99. The summed E-state index contributed by atoms with van der Waals surface area (Å²) in [4.78, 5) is 5.31. The Morgan fingerprint density at radius 1 is 1.21 bits per heavy atom. The van der Waals surface area contributed by atoms with E-state index in [1.165, 1.54) is 34.0 Å². The molecule has 0 saturated heterocycles. The van der Waals surface area contributed by atoms with Gasteiger partial charge < -0.3 is 10.2 Å². The van der Waals surface area contributed by atoms with Gasteiger partial charge in [-0.3, -0.25) is 0 Å². The lowest BCUT2D eigenvalue weighted by Crippen LogP contribution is -2.30. The molecule has 0 aliphatic carbocycles. The monoisotopic (exact) mass is 272 g/mol. The van der Waals surface area contributed by atoms with Gasteiger partial charge in [-0.15, -0.1) is 11.3 Å². The van der Waals surface area contributed by atoms with E-state index in [2.05, 4.69) is 53.5 Å². The Balaban J connectivity index is 1.46. The van der Waals surface area contributed by atoms with Crippen LogP contribution in [0.3, 0.4) is 0 Å². The summed E-state index contributed by atoms with van der Waals surface area (Å²) in [6.45, 7) is 6.47. The topological polar surface area (TPSA) is 15.3 Å². The summed E-state index contributed by atoms with van der Waals surface area (Å²) in [5.74, 6) is 0. The van der Waals surface area contributed by atoms with Crippen molar-refractivity contribution in [1.82, 2.24) is 5.32 Å². The number of aryl methyl sites for hydroxylation is 1. The molecule has 0 fully saturated rings. The summed E-state index contributed by atoms with van der Waals surface area (Å²) in [5, 5.41) is 3.54. The maximum absolute atomic E-state index is 3.54. The van der Waals surface area contributed by atoms with Gasteiger partial charge >= 0.3 is 0 Å². The molecule has 100 valence electrons. The number of rotatable bonds is 5. The molecule has 2 nitrogen and oxygen atoms in total. The quantitative estimate of drug-likeness (QED) is 0.841. The van der Waals surface area contributed by atoms with Crippen molar-refractivity contribution < 1.29 is 0 Å². The zero-order valence-corrected chi connectivity index (χ0v) is 12.2. The van der Waals surface area contributed by atoms with Crippen molar-refractivity contribution in [2.45, 2.75) is 19.9 Å². The normalized spacial score (nSPS) is 13.8. The summed E-state index contributed by atoms with van der Waals surface area (Å²) in [5.41, 5.74) is 2.92. The van der Waals surface area contributed by atoms with Crippen LogP contribution in [-0.2, 0) is 13.0 Å². The van der Waals surface area contributed by atoms with Crippen LogP contribution < -0.4 is 10.2 Å². The van der Waals surface area contributed by atoms with Gasteiger partial charge in [0.25, 0.3) is 0 Å². The van der Waals surface area contributed by atoms with Crippen LogP contribution in [0.5, 0.6) is 0 Å². The second kappa shape index (κ2) is 5.76. The first-order chi connectivity index (χ1) is 9.33. The average Bonchev–Trinajstić information content (AvgIpc) is 3.02. The van der Waals surface area contributed by atoms with E-state index in [9.17, 15) is 0 Å². The van der Waals surface area contributed by atoms with Crippen molar-refractivity contribution in [2.75, 3.05) is 24.5 Å². The minimum Gasteiger partial charge on any atom is -0.370 e. The maximum atomic E-state index is 3.54. The number of para-hydroxylation sites is 1. The fourth-order valence-electron chi connectivity index (χ4n) is 2.64. The Labute approximate surface area is 119 Å². The van der Waals surface area contributed by atoms with Gasteiger partial charge in [-0.1, -0.05) is 18.2 Å². The highest BCUT2D eigenvalue weighted by Gasteiger charge is 2.17. The van der Waals surface area contributed by atoms with E-state index >= 15 is 0 Å². The second-order valence-corrected chi connectivity index (χ2v) is 6.43. The van der Waals surface area contributed by atoms with E-state index in [1.807, 2.05) is 11.3 Å². The summed E-state index contributed by atoms with van der Waals surface area (Å²) < 4.78 is 0. The van der Waals surface area contributed by atoms with E-state index < -0.39 is 0 Å². The van der Waals surface area contributed by atoms with Gasteiger partial charge in [0.2, 0.25) is 0 Å². The molecule has 0 bridgehead atoms. The number of nitrogens with one attached hydrogen (secondary N) is 1. The lowest BCUT2D eigenvalue weighted by molar-refractivity contribution is 0.673. The molecule has 0 radical (unpaired) electrons. The Morgan fingerprint density at radius 2 is 2.11 bits per heavy atom. The van der Waals surface area contributed by atoms with E-state index in [-0.39, 0.29) is 0 Å². The third-order valence-electron chi connectivity index (χ3n) is 3.64. The maximum Gasteiger partial charge on any atom is 0.0399 e. The van der Waals surface area contributed by atoms with Gasteiger partial charge in [0, 0.05) is 41.6 Å². The number of anilines is 1. The number of hydrogen-bond donors (Lipinski definition) is 1. The fourth-order valence-corrected chi connectivity index (χ4v) is 3.50. The lowest BCUT2D eigenvalue weighted by Gasteiger charge is -2.19. The number of thiophene rings is 1. The summed E-state index contributed by atoms with van der Waals surface area (Å²) in [7, 11) is 0. The zero-order valence-electron chi connectivity index (χ0n) is 11.4. The Bertz CT molecular complexity index is 547. The van der Waals surface area contributed by atoms with Crippen LogP contribution in [0.2, 0.25) is 0 Å². The fraction of sp³-hybridized carbons (Fsp3) is 0.375. The molecule has 1 N–H and O–H groups in total. The molecule has 1 aliphatic heterocycles. The molecule has 3 heteroatoms. The van der Waals surface area contributed by atoms with Gasteiger partial charge in [-0.05, 0) is 37.1 Å². The molecule has 0 amide bonds. The smallest absolute Gasteiger partial charge is 0.0399 e. The summed E-state index contributed by atoms with van der Waals surface area (Å²) in [6.07, 6.45) is 1.19. The molecule has 2 aromatic rings. The van der Waals surface area contributed by atoms with Crippen LogP contribution in [-0.4, -0.2) is 19.6 Å². The Kier molecular flexibility index (Phi) is 3.85. The second-order valence-electron chi connectivity index (χ2n) is 5.05. The largest absolute Gasteiger partial charge is 0.370 e. The molecule has 3 rings (SSSR count). The van der Waals surface area contributed by atoms with Crippen LogP contribution in [0.25, 0.3) is 0 Å². The van der Waals surface area contributed by atoms with Gasteiger partial charge in [-0.25, -0.2) is 0 Å². The average molecular weight is 272 g/mol. The van der Waals surface area contributed by atoms with E-state index in [0.29, 0.717) is 0 Å². The summed E-state index contributed by atoms with van der Waals surface area (Å²) in [6, 6.07) is 13.2. The molecule has 0 unspecified atom stereocenters. The molecule has 0 saturated carbocycles. The van der Waals surface area contributed by atoms with E-state index in [4.69, 9.17) is 0 Å². The van der Waals surface area contributed by atoms with Gasteiger partial charge in [0.1, 0.15) is 0 Å². The number of fused-ring (bicyclic) bond motifs is 1. The first kappa shape index (κ1) is 12.7. The molecule has 0 atom stereocenters. The molecule has 0 spiro atoms. The van der Waals surface area contributed by atoms with Crippen molar-refractivity contribution in [3.63, 3.8) is 0 Å². The number of benzene rings is 1. The Morgan fingerprint density at radius 3 is 2.95 bits per heavy atom. The number of nitrogens with zero attached hydrogens (tertiary/aromatic N) is 1. The van der Waals surface area contributed by atoms with Crippen molar-refractivity contribution in [3.8, 4) is 0 Å². The number of hydrogen-bond acceptors (Lipinski definition) is 3. The summed E-state index contributed by atoms with van der Waals surface area (Å²) >= 11 is 1.88. The first-order valence-corrected chi connectivity index (χ1v) is 7.73. The third-order valence-corrected chi connectivity index (χ3v) is 4.64. The standard InChI is InChI=1S/C16H20N2S/c1-13-6-7-15(19-13)12-17-9-11-18-10-8-14-4-2-3-5-16(14)18/h2-7,17H,8-12H2,1H3. The molecule has 19 heavy (non-hydrogen) atoms. The van der Waals surface area contributed by atoms with Gasteiger partial charge in [0.15, 0.2) is 0 Å². The van der Waals surface area contributed by atoms with Crippen LogP contribution in [0.4, 0.5) is 5.69 Å². The molecule has 2 heterocycles.